The molecule has 0 saturated carbocycles. The number of aliphatic hydroxyl groups is 1. The largest absolute Gasteiger partial charge is 0.462 e. The van der Waals surface area contributed by atoms with E-state index in [1.54, 1.807) is 0 Å². The molecule has 0 aromatic rings. The maximum absolute atomic E-state index is 12.3. The van der Waals surface area contributed by atoms with Crippen molar-refractivity contribution < 1.29 is 24.2 Å². The molecule has 1 N–H and O–H groups in total. The zero-order chi connectivity index (χ0) is 49.2. The van der Waals surface area contributed by atoms with E-state index >= 15 is 0 Å². The van der Waals surface area contributed by atoms with Crippen LogP contribution in [0.3, 0.4) is 0 Å². The van der Waals surface area contributed by atoms with Gasteiger partial charge in [0.15, 0.2) is 6.10 Å². The van der Waals surface area contributed by atoms with Crippen molar-refractivity contribution in [1.29, 1.82) is 0 Å². The number of carbonyl (C=O) groups excluding carboxylic acids is 2. The molecule has 5 nitrogen and oxygen atoms in total. The van der Waals surface area contributed by atoms with E-state index in [0.717, 1.165) is 96.3 Å². The lowest BCUT2D eigenvalue weighted by molar-refractivity contribution is -0.161. The molecule has 5 heteroatoms. The molecule has 0 fully saturated rings. The normalized spacial score (nSPS) is 13.4. The van der Waals surface area contributed by atoms with Crippen LogP contribution in [0.15, 0.2) is 146 Å². The third-order valence-corrected chi connectivity index (χ3v) is 11.1. The van der Waals surface area contributed by atoms with Crippen molar-refractivity contribution in [1.82, 2.24) is 0 Å². The van der Waals surface area contributed by atoms with Gasteiger partial charge in [-0.15, -0.1) is 0 Å². The molecule has 0 amide bonds. The Kier molecular flexibility index (Phi) is 53.6. The maximum Gasteiger partial charge on any atom is 0.306 e. The maximum atomic E-state index is 12.3. The van der Waals surface area contributed by atoms with Crippen molar-refractivity contribution in [2.24, 2.45) is 0 Å². The van der Waals surface area contributed by atoms with Gasteiger partial charge in [-0.05, 0) is 103 Å². The van der Waals surface area contributed by atoms with Gasteiger partial charge >= 0.3 is 11.9 Å². The molecule has 0 aromatic carbocycles. The zero-order valence-electron chi connectivity index (χ0n) is 43.6. The molecule has 0 aliphatic carbocycles. The molecule has 0 aliphatic heterocycles. The molecule has 0 aromatic heterocycles. The summed E-state index contributed by atoms with van der Waals surface area (Å²) >= 11 is 0. The fourth-order valence-electron chi connectivity index (χ4n) is 7.11. The summed E-state index contributed by atoms with van der Waals surface area (Å²) in [7, 11) is 0. The van der Waals surface area contributed by atoms with E-state index in [1.807, 2.05) is 12.2 Å². The molecular weight excluding hydrogens is 837 g/mol. The molecule has 0 spiro atoms. The topological polar surface area (TPSA) is 72.8 Å². The lowest BCUT2D eigenvalue weighted by atomic mass is 10.0. The van der Waals surface area contributed by atoms with E-state index in [4.69, 9.17) is 9.47 Å². The summed E-state index contributed by atoms with van der Waals surface area (Å²) in [6.45, 7) is 3.84. The SMILES string of the molecule is CC/C=C\C/C=C\C/C=C\C/C=C\C/C=C\C/C=C\CCCCCCCCCCCCCCCCCCC(=O)OC(CO)COC(=O)CC/C=C\C/C=C\C/C=C\C/C=C\C/C=C\C/C=C\CC. The van der Waals surface area contributed by atoms with Crippen LogP contribution in [0.5, 0.6) is 0 Å². The minimum atomic E-state index is -0.813. The number of ether oxygens (including phenoxy) is 2. The smallest absolute Gasteiger partial charge is 0.306 e. The van der Waals surface area contributed by atoms with Crippen molar-refractivity contribution in [3.63, 3.8) is 0 Å². The summed E-state index contributed by atoms with van der Waals surface area (Å²) in [5.74, 6) is -0.695. The highest BCUT2D eigenvalue weighted by molar-refractivity contribution is 5.70. The van der Waals surface area contributed by atoms with Crippen LogP contribution in [0.4, 0.5) is 0 Å². The second kappa shape index (κ2) is 57.1. The fourth-order valence-corrected chi connectivity index (χ4v) is 7.11. The van der Waals surface area contributed by atoms with Crippen LogP contribution in [0, 0.1) is 0 Å². The number of hydrogen-bond donors (Lipinski definition) is 1. The zero-order valence-corrected chi connectivity index (χ0v) is 43.6. The first-order valence-electron chi connectivity index (χ1n) is 27.4. The van der Waals surface area contributed by atoms with Crippen LogP contribution in [0.25, 0.3) is 0 Å². The van der Waals surface area contributed by atoms with Crippen molar-refractivity contribution in [2.45, 2.75) is 225 Å². The summed E-state index contributed by atoms with van der Waals surface area (Å²) in [5, 5.41) is 9.63. The lowest BCUT2D eigenvalue weighted by Gasteiger charge is -2.15. The number of aliphatic hydroxyl groups excluding tert-OH is 1. The number of rotatable bonds is 48. The van der Waals surface area contributed by atoms with E-state index in [-0.39, 0.29) is 31.6 Å². The van der Waals surface area contributed by atoms with Gasteiger partial charge in [0, 0.05) is 12.8 Å². The van der Waals surface area contributed by atoms with Gasteiger partial charge in [-0.1, -0.05) is 250 Å². The van der Waals surface area contributed by atoms with Gasteiger partial charge in [-0.2, -0.15) is 0 Å². The minimum absolute atomic E-state index is 0.113. The van der Waals surface area contributed by atoms with Crippen molar-refractivity contribution in [2.75, 3.05) is 13.2 Å². The van der Waals surface area contributed by atoms with Crippen LogP contribution >= 0.6 is 0 Å². The first-order chi connectivity index (χ1) is 33.6. The Morgan fingerprint density at radius 1 is 0.338 bits per heavy atom. The van der Waals surface area contributed by atoms with Crippen LogP contribution in [-0.4, -0.2) is 36.4 Å². The van der Waals surface area contributed by atoms with Gasteiger partial charge in [0.2, 0.25) is 0 Å². The Morgan fingerprint density at radius 3 is 0.941 bits per heavy atom. The quantitative estimate of drug-likeness (QED) is 0.0374. The highest BCUT2D eigenvalue weighted by Crippen LogP contribution is 2.15. The van der Waals surface area contributed by atoms with Crippen molar-refractivity contribution >= 4 is 11.9 Å². The van der Waals surface area contributed by atoms with Gasteiger partial charge in [0.05, 0.1) is 6.61 Å². The van der Waals surface area contributed by atoms with Gasteiger partial charge in [-0.25, -0.2) is 0 Å². The van der Waals surface area contributed by atoms with Gasteiger partial charge in [0.25, 0.3) is 0 Å². The van der Waals surface area contributed by atoms with E-state index < -0.39 is 6.10 Å². The second-order valence-electron chi connectivity index (χ2n) is 17.5. The molecule has 0 bridgehead atoms. The van der Waals surface area contributed by atoms with E-state index in [0.29, 0.717) is 12.8 Å². The third kappa shape index (κ3) is 54.4. The molecule has 68 heavy (non-hydrogen) atoms. The molecule has 0 heterocycles. The Labute approximate surface area is 418 Å². The van der Waals surface area contributed by atoms with Crippen LogP contribution in [0.1, 0.15) is 219 Å². The van der Waals surface area contributed by atoms with Crippen LogP contribution in [0.2, 0.25) is 0 Å². The van der Waals surface area contributed by atoms with E-state index in [2.05, 4.69) is 148 Å². The van der Waals surface area contributed by atoms with Crippen molar-refractivity contribution in [3.05, 3.63) is 146 Å². The molecule has 382 valence electrons. The van der Waals surface area contributed by atoms with E-state index in [1.165, 1.54) is 89.9 Å². The number of hydrogen-bond acceptors (Lipinski definition) is 5. The average molecular weight is 937 g/mol. The average Bonchev–Trinajstić information content (AvgIpc) is 3.34. The number of allylic oxidation sites excluding steroid dienone is 24. The summed E-state index contributed by atoms with van der Waals surface area (Å²) in [6.07, 6.45) is 86.8. The predicted molar refractivity (Wildman–Crippen MR) is 297 cm³/mol. The monoisotopic (exact) mass is 937 g/mol. The third-order valence-electron chi connectivity index (χ3n) is 11.1. The molecular formula is C63H100O5. The van der Waals surface area contributed by atoms with Crippen LogP contribution in [-0.2, 0) is 19.1 Å². The minimum Gasteiger partial charge on any atom is -0.462 e. The summed E-state index contributed by atoms with van der Waals surface area (Å²) < 4.78 is 10.6. The fraction of sp³-hybridized carbons (Fsp3) is 0.587. The number of carbonyl (C=O) groups is 2. The predicted octanol–water partition coefficient (Wildman–Crippen LogP) is 18.6. The summed E-state index contributed by atoms with van der Waals surface area (Å²) in [4.78, 5) is 24.4. The van der Waals surface area contributed by atoms with Gasteiger partial charge in [0.1, 0.15) is 6.61 Å². The Balaban J connectivity index is 3.58. The molecule has 0 saturated heterocycles. The number of unbranched alkanes of at least 4 members (excludes halogenated alkanes) is 16. The first kappa shape index (κ1) is 63.8. The molecule has 1 atom stereocenters. The Hall–Kier alpha value is -4.22. The standard InChI is InChI=1S/C63H100O5/c1-3-5-7-9-11-13-15-17-19-21-23-24-25-26-27-28-29-30-31-32-33-34-35-36-37-38-40-42-44-46-48-50-52-54-56-58-63(66)68-61(59-64)60-67-62(65)57-55-53-51-49-47-45-43-41-39-22-20-18-16-14-12-10-8-6-4-2/h5-8,11-14,17-20,23-24,26-27,29-30,39,41,45,47,51,53,61,64H,3-4,9-10,15-16,21-22,25,28,31-38,40,42-44,46,48-50,52,54-60H2,1-2H3/b7-5-,8-6-,13-11-,14-12-,19-17-,20-18-,24-23-,27-26-,30-29-,41-39-,47-45-,53-51-. The van der Waals surface area contributed by atoms with Crippen LogP contribution < -0.4 is 0 Å². The lowest BCUT2D eigenvalue weighted by Crippen LogP contribution is -2.28. The Bertz CT molecular complexity index is 1480. The molecule has 0 aliphatic rings. The number of esters is 2. The van der Waals surface area contributed by atoms with Gasteiger partial charge in [-0.3, -0.25) is 9.59 Å². The molecule has 0 rings (SSSR count). The van der Waals surface area contributed by atoms with E-state index in [9.17, 15) is 14.7 Å². The van der Waals surface area contributed by atoms with Gasteiger partial charge < -0.3 is 14.6 Å². The summed E-state index contributed by atoms with van der Waals surface area (Å²) in [5.41, 5.74) is 0. The highest BCUT2D eigenvalue weighted by Gasteiger charge is 2.16. The molecule has 0 radical (unpaired) electrons. The first-order valence-corrected chi connectivity index (χ1v) is 27.4. The van der Waals surface area contributed by atoms with Crippen molar-refractivity contribution in [3.8, 4) is 0 Å². The summed E-state index contributed by atoms with van der Waals surface area (Å²) in [6, 6.07) is 0. The molecule has 1 unspecified atom stereocenters. The highest BCUT2D eigenvalue weighted by atomic mass is 16.6. The Morgan fingerprint density at radius 2 is 0.618 bits per heavy atom. The second-order valence-corrected chi connectivity index (χ2v) is 17.5.